The summed E-state index contributed by atoms with van der Waals surface area (Å²) in [6.45, 7) is 2.17. The van der Waals surface area contributed by atoms with Crippen LogP contribution in [0.25, 0.3) is 0 Å². The van der Waals surface area contributed by atoms with Crippen molar-refractivity contribution in [1.29, 1.82) is 0 Å². The third kappa shape index (κ3) is 2.48. The first kappa shape index (κ1) is 13.3. The van der Waals surface area contributed by atoms with Crippen molar-refractivity contribution in [3.05, 3.63) is 35.4 Å². The Morgan fingerprint density at radius 3 is 2.76 bits per heavy atom. The van der Waals surface area contributed by atoms with Crippen molar-refractivity contribution in [1.82, 2.24) is 10.6 Å². The molecule has 2 fully saturated rings. The van der Waals surface area contributed by atoms with Gasteiger partial charge in [0.05, 0.1) is 0 Å². The summed E-state index contributed by atoms with van der Waals surface area (Å²) in [7, 11) is 0. The zero-order chi connectivity index (χ0) is 14.3. The molecule has 1 aromatic rings. The highest BCUT2D eigenvalue weighted by Gasteiger charge is 2.57. The van der Waals surface area contributed by atoms with E-state index in [1.54, 1.807) is 0 Å². The molecule has 1 aliphatic heterocycles. The van der Waals surface area contributed by atoms with Gasteiger partial charge in [-0.2, -0.15) is 0 Å². The van der Waals surface area contributed by atoms with E-state index < -0.39 is 0 Å². The molecule has 0 bridgehead atoms. The number of piperidine rings is 1. The maximum absolute atomic E-state index is 12.5. The van der Waals surface area contributed by atoms with Crippen LogP contribution in [0.5, 0.6) is 0 Å². The zero-order valence-electron chi connectivity index (χ0n) is 12.5. The number of hydrogen-bond donors (Lipinski definition) is 2. The maximum Gasteiger partial charge on any atom is 0.223 e. The second kappa shape index (κ2) is 5.13. The molecule has 0 aromatic heterocycles. The second-order valence-corrected chi connectivity index (χ2v) is 7.09. The molecule has 0 radical (unpaired) electrons. The summed E-state index contributed by atoms with van der Waals surface area (Å²) < 4.78 is 0. The third-order valence-electron chi connectivity index (χ3n) is 5.80. The highest BCUT2D eigenvalue weighted by atomic mass is 16.2. The molecule has 2 N–H and O–H groups in total. The molecule has 1 spiro atoms. The normalized spacial score (nSPS) is 29.7. The molecule has 1 saturated heterocycles. The number of fused-ring (bicyclic) bond motifs is 1. The first-order chi connectivity index (χ1) is 10.3. The minimum absolute atomic E-state index is 0.289. The highest BCUT2D eigenvalue weighted by molar-refractivity contribution is 5.83. The van der Waals surface area contributed by atoms with Gasteiger partial charge in [0.1, 0.15) is 0 Å². The predicted octanol–water partition coefficient (Wildman–Crippen LogP) is 2.05. The molecule has 2 aliphatic carbocycles. The summed E-state index contributed by atoms with van der Waals surface area (Å²) in [5, 5.41) is 6.73. The van der Waals surface area contributed by atoms with Gasteiger partial charge in [0, 0.05) is 12.0 Å². The molecule has 2 atom stereocenters. The summed E-state index contributed by atoms with van der Waals surface area (Å²) in [5.74, 6) is 0.609. The summed E-state index contributed by atoms with van der Waals surface area (Å²) in [6.07, 6.45) is 6.66. The van der Waals surface area contributed by atoms with Crippen LogP contribution in [0.2, 0.25) is 0 Å². The lowest BCUT2D eigenvalue weighted by Crippen LogP contribution is -2.41. The lowest BCUT2D eigenvalue weighted by molar-refractivity contribution is -0.124. The standard InChI is InChI=1S/C18H24N2O/c21-17(16-12-18(16)7-9-19-10-8-18)20-15-6-5-13-3-1-2-4-14(13)11-15/h1-4,15-16,19H,5-12H2,(H,20,21). The zero-order valence-corrected chi connectivity index (χ0v) is 12.5. The molecule has 3 nitrogen and oxygen atoms in total. The second-order valence-electron chi connectivity index (χ2n) is 7.09. The lowest BCUT2D eigenvalue weighted by Gasteiger charge is -2.27. The number of aryl methyl sites for hydroxylation is 1. The number of rotatable bonds is 2. The van der Waals surface area contributed by atoms with E-state index in [1.807, 2.05) is 0 Å². The van der Waals surface area contributed by atoms with Gasteiger partial charge in [0.25, 0.3) is 0 Å². The van der Waals surface area contributed by atoms with Crippen LogP contribution in [0.3, 0.4) is 0 Å². The van der Waals surface area contributed by atoms with Gasteiger partial charge in [-0.25, -0.2) is 0 Å². The Hall–Kier alpha value is -1.35. The number of carbonyl (C=O) groups excluding carboxylic acids is 1. The average molecular weight is 284 g/mol. The Bertz CT molecular complexity index is 548. The van der Waals surface area contributed by atoms with Gasteiger partial charge in [0.2, 0.25) is 5.91 Å². The number of hydrogen-bond acceptors (Lipinski definition) is 2. The van der Waals surface area contributed by atoms with Crippen LogP contribution in [-0.2, 0) is 17.6 Å². The van der Waals surface area contributed by atoms with Crippen molar-refractivity contribution < 1.29 is 4.79 Å². The summed E-state index contributed by atoms with van der Waals surface area (Å²) >= 11 is 0. The van der Waals surface area contributed by atoms with E-state index in [1.165, 1.54) is 24.0 Å². The highest BCUT2D eigenvalue weighted by Crippen LogP contribution is 2.58. The van der Waals surface area contributed by atoms with E-state index in [-0.39, 0.29) is 5.92 Å². The van der Waals surface area contributed by atoms with E-state index in [2.05, 4.69) is 34.9 Å². The number of amides is 1. The number of nitrogens with one attached hydrogen (secondary N) is 2. The minimum atomic E-state index is 0.289. The Kier molecular flexibility index (Phi) is 3.26. The molecular formula is C18H24N2O. The number of carbonyl (C=O) groups is 1. The quantitative estimate of drug-likeness (QED) is 0.873. The SMILES string of the molecule is O=C(NC1CCc2ccccc2C1)C1CC12CCNCC2. The largest absolute Gasteiger partial charge is 0.353 e. The molecule has 2 unspecified atom stereocenters. The van der Waals surface area contributed by atoms with Crippen molar-refractivity contribution in [2.75, 3.05) is 13.1 Å². The van der Waals surface area contributed by atoms with Crippen molar-refractivity contribution in [3.8, 4) is 0 Å². The minimum Gasteiger partial charge on any atom is -0.353 e. The van der Waals surface area contributed by atoms with Gasteiger partial charge < -0.3 is 10.6 Å². The van der Waals surface area contributed by atoms with E-state index in [9.17, 15) is 4.79 Å². The van der Waals surface area contributed by atoms with E-state index in [0.717, 1.165) is 38.8 Å². The van der Waals surface area contributed by atoms with Gasteiger partial charge in [-0.05, 0) is 68.2 Å². The van der Waals surface area contributed by atoms with Crippen LogP contribution in [-0.4, -0.2) is 25.0 Å². The Morgan fingerprint density at radius 1 is 1.19 bits per heavy atom. The Balaban J connectivity index is 1.36. The summed E-state index contributed by atoms with van der Waals surface area (Å²) in [4.78, 5) is 12.5. The van der Waals surface area contributed by atoms with Crippen molar-refractivity contribution in [2.45, 2.75) is 44.6 Å². The van der Waals surface area contributed by atoms with E-state index in [4.69, 9.17) is 0 Å². The van der Waals surface area contributed by atoms with Crippen LogP contribution in [0.1, 0.15) is 36.8 Å². The molecule has 1 amide bonds. The maximum atomic E-state index is 12.5. The van der Waals surface area contributed by atoms with Gasteiger partial charge in [0.15, 0.2) is 0 Å². The molecule has 21 heavy (non-hydrogen) atoms. The lowest BCUT2D eigenvalue weighted by atomic mass is 9.88. The topological polar surface area (TPSA) is 41.1 Å². The van der Waals surface area contributed by atoms with E-state index >= 15 is 0 Å². The molecule has 1 saturated carbocycles. The molecule has 1 aromatic carbocycles. The van der Waals surface area contributed by atoms with Crippen molar-refractivity contribution >= 4 is 5.91 Å². The molecular weight excluding hydrogens is 260 g/mol. The Labute approximate surface area is 126 Å². The first-order valence-corrected chi connectivity index (χ1v) is 8.35. The molecule has 1 heterocycles. The fraction of sp³-hybridized carbons (Fsp3) is 0.611. The Morgan fingerprint density at radius 2 is 1.95 bits per heavy atom. The van der Waals surface area contributed by atoms with Crippen LogP contribution < -0.4 is 10.6 Å². The number of benzene rings is 1. The van der Waals surface area contributed by atoms with Crippen LogP contribution in [0, 0.1) is 11.3 Å². The predicted molar refractivity (Wildman–Crippen MR) is 83.0 cm³/mol. The summed E-state index contributed by atoms with van der Waals surface area (Å²) in [5.41, 5.74) is 3.23. The van der Waals surface area contributed by atoms with Crippen LogP contribution >= 0.6 is 0 Å². The molecule has 3 heteroatoms. The third-order valence-corrected chi connectivity index (χ3v) is 5.80. The van der Waals surface area contributed by atoms with Crippen LogP contribution in [0.15, 0.2) is 24.3 Å². The fourth-order valence-corrected chi connectivity index (χ4v) is 4.32. The fourth-order valence-electron chi connectivity index (χ4n) is 4.32. The molecule has 112 valence electrons. The monoisotopic (exact) mass is 284 g/mol. The van der Waals surface area contributed by atoms with Crippen molar-refractivity contribution in [2.24, 2.45) is 11.3 Å². The van der Waals surface area contributed by atoms with Gasteiger partial charge in [-0.3, -0.25) is 4.79 Å². The molecule has 4 rings (SSSR count). The smallest absolute Gasteiger partial charge is 0.223 e. The average Bonchev–Trinajstić information content (AvgIpc) is 3.21. The van der Waals surface area contributed by atoms with Crippen molar-refractivity contribution in [3.63, 3.8) is 0 Å². The van der Waals surface area contributed by atoms with Gasteiger partial charge >= 0.3 is 0 Å². The van der Waals surface area contributed by atoms with Crippen LogP contribution in [0.4, 0.5) is 0 Å². The van der Waals surface area contributed by atoms with Gasteiger partial charge in [-0.15, -0.1) is 0 Å². The molecule has 3 aliphatic rings. The van der Waals surface area contributed by atoms with Gasteiger partial charge in [-0.1, -0.05) is 24.3 Å². The van der Waals surface area contributed by atoms with E-state index in [0.29, 0.717) is 17.4 Å². The summed E-state index contributed by atoms with van der Waals surface area (Å²) in [6, 6.07) is 8.99. The first-order valence-electron chi connectivity index (χ1n) is 8.35.